The summed E-state index contributed by atoms with van der Waals surface area (Å²) in [6, 6.07) is -0.00578. The Morgan fingerprint density at radius 3 is 1.52 bits per heavy atom. The Labute approximate surface area is 177 Å². The standard InChI is InChI=1S/C22H42N2O5/c1-16(2)20(25)9-11-28-14-19(15-29-12-10-21(26)17(3)4)24(8)22(27)13-23(7)18(5)6/h16-19H,9-15H2,1-8H3. The molecule has 0 atom stereocenters. The zero-order chi connectivity index (χ0) is 22.6. The van der Waals surface area contributed by atoms with E-state index in [4.69, 9.17) is 9.47 Å². The van der Waals surface area contributed by atoms with Crippen molar-refractivity contribution >= 4 is 17.5 Å². The number of nitrogens with zero attached hydrogens (tertiary/aromatic N) is 2. The lowest BCUT2D eigenvalue weighted by Gasteiger charge is -2.30. The molecule has 0 aliphatic carbocycles. The molecule has 0 spiro atoms. The molecule has 7 nitrogen and oxygen atoms in total. The topological polar surface area (TPSA) is 76.1 Å². The van der Waals surface area contributed by atoms with Crippen LogP contribution in [0.1, 0.15) is 54.4 Å². The normalized spacial score (nSPS) is 11.9. The molecule has 0 bridgehead atoms. The number of rotatable bonds is 16. The van der Waals surface area contributed by atoms with Crippen LogP contribution in [0.5, 0.6) is 0 Å². The fourth-order valence-electron chi connectivity index (χ4n) is 2.34. The van der Waals surface area contributed by atoms with Gasteiger partial charge in [-0.15, -0.1) is 0 Å². The second-order valence-corrected chi connectivity index (χ2v) is 8.56. The molecule has 170 valence electrons. The van der Waals surface area contributed by atoms with Crippen molar-refractivity contribution in [1.82, 2.24) is 9.80 Å². The molecule has 0 unspecified atom stereocenters. The molecule has 1 amide bonds. The Hall–Kier alpha value is -1.31. The maximum Gasteiger partial charge on any atom is 0.236 e. The Kier molecular flexibility index (Phi) is 14.0. The van der Waals surface area contributed by atoms with Gasteiger partial charge in [-0.05, 0) is 20.9 Å². The van der Waals surface area contributed by atoms with Gasteiger partial charge in [0.15, 0.2) is 0 Å². The van der Waals surface area contributed by atoms with E-state index in [9.17, 15) is 14.4 Å². The number of ether oxygens (including phenoxy) is 2. The summed E-state index contributed by atoms with van der Waals surface area (Å²) >= 11 is 0. The van der Waals surface area contributed by atoms with Crippen LogP contribution < -0.4 is 0 Å². The molecule has 0 aliphatic heterocycles. The van der Waals surface area contributed by atoms with Crippen molar-refractivity contribution in [2.24, 2.45) is 11.8 Å². The number of carbonyl (C=O) groups excluding carboxylic acids is 3. The first-order valence-corrected chi connectivity index (χ1v) is 10.6. The average molecular weight is 415 g/mol. The lowest BCUT2D eigenvalue weighted by molar-refractivity contribution is -0.137. The van der Waals surface area contributed by atoms with Gasteiger partial charge in [-0.25, -0.2) is 0 Å². The second-order valence-electron chi connectivity index (χ2n) is 8.56. The Morgan fingerprint density at radius 1 is 0.759 bits per heavy atom. The number of ketones is 2. The quantitative estimate of drug-likeness (QED) is 0.361. The van der Waals surface area contributed by atoms with Crippen LogP contribution in [0.15, 0.2) is 0 Å². The molecular weight excluding hydrogens is 372 g/mol. The van der Waals surface area contributed by atoms with Gasteiger partial charge in [0.2, 0.25) is 5.91 Å². The molecule has 0 aromatic heterocycles. The first-order valence-electron chi connectivity index (χ1n) is 10.6. The van der Waals surface area contributed by atoms with Crippen molar-refractivity contribution in [2.75, 3.05) is 47.1 Å². The largest absolute Gasteiger partial charge is 0.379 e. The third-order valence-corrected chi connectivity index (χ3v) is 5.10. The van der Waals surface area contributed by atoms with E-state index in [1.807, 2.05) is 53.5 Å². The van der Waals surface area contributed by atoms with Gasteiger partial charge < -0.3 is 14.4 Å². The fourth-order valence-corrected chi connectivity index (χ4v) is 2.34. The Balaban J connectivity index is 4.69. The van der Waals surface area contributed by atoms with Crippen LogP contribution in [0.2, 0.25) is 0 Å². The number of carbonyl (C=O) groups is 3. The van der Waals surface area contributed by atoms with Gasteiger partial charge >= 0.3 is 0 Å². The highest BCUT2D eigenvalue weighted by atomic mass is 16.5. The number of Topliss-reactive ketones (excluding diaryl/α,β-unsaturated/α-hetero) is 2. The molecule has 29 heavy (non-hydrogen) atoms. The van der Waals surface area contributed by atoms with Crippen molar-refractivity contribution in [1.29, 1.82) is 0 Å². The molecule has 0 fully saturated rings. The third-order valence-electron chi connectivity index (χ3n) is 5.10. The van der Waals surface area contributed by atoms with Crippen LogP contribution >= 0.6 is 0 Å². The van der Waals surface area contributed by atoms with Crippen LogP contribution in [0.25, 0.3) is 0 Å². The minimum absolute atomic E-state index is 0.00736. The first-order chi connectivity index (χ1) is 13.5. The van der Waals surface area contributed by atoms with E-state index in [0.717, 1.165) is 0 Å². The van der Waals surface area contributed by atoms with Crippen molar-refractivity contribution in [3.8, 4) is 0 Å². The van der Waals surface area contributed by atoms with Gasteiger partial charge in [-0.2, -0.15) is 0 Å². The van der Waals surface area contributed by atoms with Crippen LogP contribution in [-0.2, 0) is 23.9 Å². The maximum atomic E-state index is 12.6. The van der Waals surface area contributed by atoms with Crippen LogP contribution in [-0.4, -0.2) is 86.4 Å². The number of likely N-dealkylation sites (N-methyl/N-ethyl adjacent to an activating group) is 2. The van der Waals surface area contributed by atoms with E-state index < -0.39 is 0 Å². The predicted octanol–water partition coefficient (Wildman–Crippen LogP) is 2.42. The minimum atomic E-state index is -0.272. The molecule has 0 N–H and O–H groups in total. The Bertz CT molecular complexity index is 477. The van der Waals surface area contributed by atoms with Crippen LogP contribution in [0.4, 0.5) is 0 Å². The van der Waals surface area contributed by atoms with Crippen molar-refractivity contribution in [3.05, 3.63) is 0 Å². The van der Waals surface area contributed by atoms with Crippen molar-refractivity contribution in [2.45, 2.75) is 66.5 Å². The molecule has 0 heterocycles. The summed E-state index contributed by atoms with van der Waals surface area (Å²) in [5.41, 5.74) is 0. The summed E-state index contributed by atoms with van der Waals surface area (Å²) in [4.78, 5) is 39.7. The van der Waals surface area contributed by atoms with Gasteiger partial charge in [0.25, 0.3) is 0 Å². The molecular formula is C22H42N2O5. The van der Waals surface area contributed by atoms with E-state index in [0.29, 0.717) is 32.6 Å². The van der Waals surface area contributed by atoms with Gasteiger partial charge in [-0.3, -0.25) is 19.3 Å². The zero-order valence-electron chi connectivity index (χ0n) is 19.7. The summed E-state index contributed by atoms with van der Waals surface area (Å²) < 4.78 is 11.4. The smallest absolute Gasteiger partial charge is 0.236 e. The maximum absolute atomic E-state index is 12.6. The van der Waals surface area contributed by atoms with E-state index in [-0.39, 0.29) is 54.6 Å². The number of hydrogen-bond donors (Lipinski definition) is 0. The number of amides is 1. The van der Waals surface area contributed by atoms with E-state index >= 15 is 0 Å². The summed E-state index contributed by atoms with van der Waals surface area (Å²) in [6.07, 6.45) is 0.726. The van der Waals surface area contributed by atoms with Crippen LogP contribution in [0.3, 0.4) is 0 Å². The molecule has 0 aliphatic rings. The monoisotopic (exact) mass is 414 g/mol. The molecule has 0 rings (SSSR count). The molecule has 0 saturated carbocycles. The first kappa shape index (κ1) is 27.7. The molecule has 0 radical (unpaired) electrons. The van der Waals surface area contributed by atoms with Gasteiger partial charge in [0.05, 0.1) is 39.0 Å². The van der Waals surface area contributed by atoms with Crippen molar-refractivity contribution < 1.29 is 23.9 Å². The van der Waals surface area contributed by atoms with E-state index in [1.165, 1.54) is 0 Å². The van der Waals surface area contributed by atoms with Gasteiger partial charge in [0, 0.05) is 37.8 Å². The average Bonchev–Trinajstić information content (AvgIpc) is 2.64. The second kappa shape index (κ2) is 14.6. The highest BCUT2D eigenvalue weighted by Gasteiger charge is 2.22. The molecule has 0 saturated heterocycles. The fraction of sp³-hybridized carbons (Fsp3) is 0.864. The van der Waals surface area contributed by atoms with Crippen LogP contribution in [0, 0.1) is 11.8 Å². The van der Waals surface area contributed by atoms with Crippen molar-refractivity contribution in [3.63, 3.8) is 0 Å². The Morgan fingerprint density at radius 2 is 1.17 bits per heavy atom. The SMILES string of the molecule is CC(C)C(=O)CCOCC(COCCC(=O)C(C)C)N(C)C(=O)CN(C)C(C)C. The molecule has 7 heteroatoms. The summed E-state index contributed by atoms with van der Waals surface area (Å²) in [7, 11) is 3.65. The number of hydrogen-bond acceptors (Lipinski definition) is 6. The molecule has 0 aromatic rings. The highest BCUT2D eigenvalue weighted by molar-refractivity contribution is 5.80. The predicted molar refractivity (Wildman–Crippen MR) is 115 cm³/mol. The molecule has 0 aromatic carbocycles. The third kappa shape index (κ3) is 12.1. The van der Waals surface area contributed by atoms with E-state index in [1.54, 1.807) is 11.9 Å². The lowest BCUT2D eigenvalue weighted by atomic mass is 10.1. The lowest BCUT2D eigenvalue weighted by Crippen LogP contribution is -2.47. The van der Waals surface area contributed by atoms with E-state index in [2.05, 4.69) is 0 Å². The summed E-state index contributed by atoms with van der Waals surface area (Å²) in [5.74, 6) is 0.287. The highest BCUT2D eigenvalue weighted by Crippen LogP contribution is 2.06. The summed E-state index contributed by atoms with van der Waals surface area (Å²) in [6.45, 7) is 13.1. The minimum Gasteiger partial charge on any atom is -0.379 e. The zero-order valence-corrected chi connectivity index (χ0v) is 19.7. The van der Waals surface area contributed by atoms with Gasteiger partial charge in [0.1, 0.15) is 11.6 Å². The van der Waals surface area contributed by atoms with Gasteiger partial charge in [-0.1, -0.05) is 27.7 Å². The summed E-state index contributed by atoms with van der Waals surface area (Å²) in [5, 5.41) is 0.